The molecule has 1 saturated carbocycles. The van der Waals surface area contributed by atoms with Crippen molar-refractivity contribution < 1.29 is 9.59 Å². The van der Waals surface area contributed by atoms with Crippen LogP contribution in [0, 0.1) is 6.92 Å². The van der Waals surface area contributed by atoms with Gasteiger partial charge in [-0.1, -0.05) is 42.7 Å². The third-order valence-electron chi connectivity index (χ3n) is 4.62. The number of rotatable bonds is 4. The fraction of sp³-hybridized carbons (Fsp3) is 0.556. The van der Waals surface area contributed by atoms with E-state index >= 15 is 0 Å². The topological polar surface area (TPSA) is 49.4 Å². The number of nitrogens with zero attached hydrogens (tertiary/aromatic N) is 1. The molecule has 120 valence electrons. The zero-order valence-electron chi connectivity index (χ0n) is 14.0. The lowest BCUT2D eigenvalue weighted by atomic mass is 9.77. The summed E-state index contributed by atoms with van der Waals surface area (Å²) in [7, 11) is 3.41. The van der Waals surface area contributed by atoms with E-state index in [1.165, 1.54) is 4.90 Å². The highest BCUT2D eigenvalue weighted by molar-refractivity contribution is 5.93. The third-order valence-corrected chi connectivity index (χ3v) is 4.62. The Morgan fingerprint density at radius 3 is 2.41 bits per heavy atom. The predicted octanol–water partition coefficient (Wildman–Crippen LogP) is 2.40. The van der Waals surface area contributed by atoms with Gasteiger partial charge in [0.25, 0.3) is 0 Å². The summed E-state index contributed by atoms with van der Waals surface area (Å²) in [5.74, 6) is -0.0935. The number of carbonyl (C=O) groups excluding carboxylic acids is 2. The van der Waals surface area contributed by atoms with Crippen LogP contribution in [0.25, 0.3) is 0 Å². The SMILES string of the molecule is Cc1cccc(C2(C(=O)NC(C)C(=O)N(C)C)CCCC2)c1. The minimum absolute atomic E-state index is 0.0155. The zero-order chi connectivity index (χ0) is 16.3. The van der Waals surface area contributed by atoms with Crippen LogP contribution in [0.4, 0.5) is 0 Å². The van der Waals surface area contributed by atoms with Crippen molar-refractivity contribution in [1.29, 1.82) is 0 Å². The average molecular weight is 302 g/mol. The van der Waals surface area contributed by atoms with E-state index in [9.17, 15) is 9.59 Å². The molecular weight excluding hydrogens is 276 g/mol. The lowest BCUT2D eigenvalue weighted by Gasteiger charge is -2.30. The first-order chi connectivity index (χ1) is 10.4. The van der Waals surface area contributed by atoms with E-state index in [-0.39, 0.29) is 11.8 Å². The van der Waals surface area contributed by atoms with Gasteiger partial charge in [-0.05, 0) is 32.3 Å². The van der Waals surface area contributed by atoms with E-state index < -0.39 is 11.5 Å². The van der Waals surface area contributed by atoms with Gasteiger partial charge in [-0.2, -0.15) is 0 Å². The van der Waals surface area contributed by atoms with Crippen LogP contribution in [0.5, 0.6) is 0 Å². The second-order valence-corrected chi connectivity index (χ2v) is 6.59. The number of hydrogen-bond donors (Lipinski definition) is 1. The maximum absolute atomic E-state index is 12.9. The highest BCUT2D eigenvalue weighted by Crippen LogP contribution is 2.41. The number of amides is 2. The van der Waals surface area contributed by atoms with E-state index in [1.54, 1.807) is 21.0 Å². The molecule has 0 saturated heterocycles. The second kappa shape index (κ2) is 6.51. The molecule has 2 rings (SSSR count). The van der Waals surface area contributed by atoms with Crippen molar-refractivity contribution in [3.63, 3.8) is 0 Å². The van der Waals surface area contributed by atoms with E-state index in [2.05, 4.69) is 11.4 Å². The van der Waals surface area contributed by atoms with Gasteiger partial charge >= 0.3 is 0 Å². The standard InChI is InChI=1S/C18H26N2O2/c1-13-8-7-9-15(12-13)18(10-5-6-11-18)17(22)19-14(2)16(21)20(3)4/h7-9,12,14H,5-6,10-11H2,1-4H3,(H,19,22). The van der Waals surface area contributed by atoms with Crippen LogP contribution in [0.3, 0.4) is 0 Å². The molecule has 0 bridgehead atoms. The van der Waals surface area contributed by atoms with Gasteiger partial charge in [-0.15, -0.1) is 0 Å². The first-order valence-electron chi connectivity index (χ1n) is 7.96. The van der Waals surface area contributed by atoms with Crippen LogP contribution in [0.15, 0.2) is 24.3 Å². The van der Waals surface area contributed by atoms with Crippen molar-refractivity contribution in [3.8, 4) is 0 Å². The summed E-state index contributed by atoms with van der Waals surface area (Å²) in [5, 5.41) is 2.93. The van der Waals surface area contributed by atoms with Crippen molar-refractivity contribution in [2.24, 2.45) is 0 Å². The van der Waals surface area contributed by atoms with Gasteiger partial charge in [-0.25, -0.2) is 0 Å². The molecule has 1 atom stereocenters. The highest BCUT2D eigenvalue weighted by Gasteiger charge is 2.43. The third kappa shape index (κ3) is 3.16. The minimum atomic E-state index is -0.496. The van der Waals surface area contributed by atoms with Crippen molar-refractivity contribution in [1.82, 2.24) is 10.2 Å². The van der Waals surface area contributed by atoms with E-state index in [1.807, 2.05) is 25.1 Å². The lowest BCUT2D eigenvalue weighted by molar-refractivity contribution is -0.135. The molecule has 1 aliphatic carbocycles. The summed E-state index contributed by atoms with van der Waals surface area (Å²) in [4.78, 5) is 26.4. The van der Waals surface area contributed by atoms with Crippen LogP contribution in [0.2, 0.25) is 0 Å². The second-order valence-electron chi connectivity index (χ2n) is 6.59. The molecule has 22 heavy (non-hydrogen) atoms. The maximum atomic E-state index is 12.9. The number of aryl methyl sites for hydroxylation is 1. The summed E-state index contributed by atoms with van der Waals surface area (Å²) in [5.41, 5.74) is 1.76. The monoisotopic (exact) mass is 302 g/mol. The van der Waals surface area contributed by atoms with Gasteiger partial charge in [0.2, 0.25) is 11.8 Å². The van der Waals surface area contributed by atoms with Gasteiger partial charge in [0.05, 0.1) is 5.41 Å². The molecule has 0 spiro atoms. The molecule has 0 aliphatic heterocycles. The highest BCUT2D eigenvalue weighted by atomic mass is 16.2. The summed E-state index contributed by atoms with van der Waals surface area (Å²) >= 11 is 0. The Bertz CT molecular complexity index is 560. The van der Waals surface area contributed by atoms with Gasteiger partial charge in [-0.3, -0.25) is 9.59 Å². The van der Waals surface area contributed by atoms with Crippen LogP contribution < -0.4 is 5.32 Å². The molecule has 1 unspecified atom stereocenters. The fourth-order valence-electron chi connectivity index (χ4n) is 3.35. The molecule has 1 aromatic carbocycles. The molecule has 4 nitrogen and oxygen atoms in total. The maximum Gasteiger partial charge on any atom is 0.244 e. The van der Waals surface area contributed by atoms with Crippen molar-refractivity contribution >= 4 is 11.8 Å². The Balaban J connectivity index is 2.24. The van der Waals surface area contributed by atoms with Crippen LogP contribution in [-0.4, -0.2) is 36.9 Å². The predicted molar refractivity (Wildman–Crippen MR) is 87.6 cm³/mol. The minimum Gasteiger partial charge on any atom is -0.347 e. The molecule has 0 heterocycles. The van der Waals surface area contributed by atoms with Crippen molar-refractivity contribution in [2.45, 2.75) is 51.0 Å². The number of likely N-dealkylation sites (N-methyl/N-ethyl adjacent to an activating group) is 1. The van der Waals surface area contributed by atoms with Gasteiger partial charge in [0.1, 0.15) is 6.04 Å². The summed E-state index contributed by atoms with van der Waals surface area (Å²) < 4.78 is 0. The molecule has 2 amide bonds. The average Bonchev–Trinajstić information content (AvgIpc) is 2.97. The largest absolute Gasteiger partial charge is 0.347 e. The van der Waals surface area contributed by atoms with Crippen molar-refractivity contribution in [2.75, 3.05) is 14.1 Å². The Kier molecular flexibility index (Phi) is 4.89. The quantitative estimate of drug-likeness (QED) is 0.928. The smallest absolute Gasteiger partial charge is 0.244 e. The van der Waals surface area contributed by atoms with Gasteiger partial charge in [0, 0.05) is 14.1 Å². The molecule has 1 fully saturated rings. The number of benzene rings is 1. The van der Waals surface area contributed by atoms with E-state index in [0.717, 1.165) is 36.8 Å². The van der Waals surface area contributed by atoms with Crippen LogP contribution in [-0.2, 0) is 15.0 Å². The molecule has 4 heteroatoms. The molecule has 1 aromatic rings. The first kappa shape index (κ1) is 16.5. The fourth-order valence-corrected chi connectivity index (χ4v) is 3.35. The molecule has 0 radical (unpaired) electrons. The Labute approximate surface area is 132 Å². The number of hydrogen-bond acceptors (Lipinski definition) is 2. The molecular formula is C18H26N2O2. The molecule has 1 aliphatic rings. The molecule has 0 aromatic heterocycles. The van der Waals surface area contributed by atoms with Gasteiger partial charge in [0.15, 0.2) is 0 Å². The summed E-state index contributed by atoms with van der Waals surface area (Å²) in [6, 6.07) is 7.69. The Morgan fingerprint density at radius 1 is 1.23 bits per heavy atom. The summed E-state index contributed by atoms with van der Waals surface area (Å²) in [6.07, 6.45) is 3.81. The lowest BCUT2D eigenvalue weighted by Crippen LogP contribution is -2.51. The van der Waals surface area contributed by atoms with E-state index in [4.69, 9.17) is 0 Å². The number of carbonyl (C=O) groups is 2. The summed E-state index contributed by atoms with van der Waals surface area (Å²) in [6.45, 7) is 3.79. The zero-order valence-corrected chi connectivity index (χ0v) is 14.0. The molecule has 1 N–H and O–H groups in total. The van der Waals surface area contributed by atoms with Gasteiger partial charge < -0.3 is 10.2 Å². The Morgan fingerprint density at radius 2 is 1.86 bits per heavy atom. The first-order valence-corrected chi connectivity index (χ1v) is 7.96. The van der Waals surface area contributed by atoms with Crippen molar-refractivity contribution in [3.05, 3.63) is 35.4 Å². The number of nitrogens with one attached hydrogen (secondary N) is 1. The van der Waals surface area contributed by atoms with Crippen LogP contribution >= 0.6 is 0 Å². The normalized spacial score (nSPS) is 17.8. The Hall–Kier alpha value is -1.84. The van der Waals surface area contributed by atoms with Crippen LogP contribution in [0.1, 0.15) is 43.7 Å². The van der Waals surface area contributed by atoms with E-state index in [0.29, 0.717) is 0 Å².